The first kappa shape index (κ1) is 91.7. The van der Waals surface area contributed by atoms with Crippen molar-refractivity contribution < 1.29 is 0 Å². The van der Waals surface area contributed by atoms with Crippen LogP contribution in [0, 0.1) is 63.2 Å². The molecule has 0 fully saturated rings. The van der Waals surface area contributed by atoms with Gasteiger partial charge in [-0.2, -0.15) is 99.7 Å². The SMILES string of the molecule is Cc1ccccc1N=N/C(C(=N)C(C)(C)C)=C(\N)Nc1nc(-n2nc(C(C)(C)C)c(N=Nc3ccccc3C)c2N)nc(-n2nc(C(C)(C)C)c(N=Nc3ccccc3C)c2N)n1.Cc1ccccc1N=N/C(C(=N)C(C)(C)C)=C(\N)Nc1nc(-n2nc(C(C)(C)C)c(N=Nc3ccccc3C)c2N)nc(-n2nc(C(C)(C)C)c(N=Nc3ccccc3C)c2N)n1. The van der Waals surface area contributed by atoms with Crippen LogP contribution in [0.15, 0.2) is 230 Å². The Labute approximate surface area is 733 Å². The number of rotatable bonds is 22. The van der Waals surface area contributed by atoms with Gasteiger partial charge in [0.2, 0.25) is 11.9 Å². The molecule has 36 heteroatoms. The van der Waals surface area contributed by atoms with Crippen molar-refractivity contribution >= 4 is 103 Å². The van der Waals surface area contributed by atoms with E-state index in [0.29, 0.717) is 79.6 Å². The average molecular weight is 1700 g/mol. The normalized spacial score (nSPS) is 13.1. The van der Waals surface area contributed by atoms with Gasteiger partial charge in [0.1, 0.15) is 23.0 Å². The largest absolute Gasteiger partial charge is 0.383 e. The Morgan fingerprint density at radius 2 is 0.476 bits per heavy atom. The Morgan fingerprint density at radius 1 is 0.286 bits per heavy atom. The zero-order valence-corrected chi connectivity index (χ0v) is 75.9. The molecule has 16 N–H and O–H groups in total. The molecule has 0 spiro atoms. The van der Waals surface area contributed by atoms with Gasteiger partial charge in [-0.3, -0.25) is 0 Å². The van der Waals surface area contributed by atoms with Crippen LogP contribution >= 0.6 is 0 Å². The predicted molar refractivity (Wildman–Crippen MR) is 497 cm³/mol. The molecular formula is C90H112N36. The first-order valence-corrected chi connectivity index (χ1v) is 40.7. The zero-order valence-electron chi connectivity index (χ0n) is 75.9. The van der Waals surface area contributed by atoms with E-state index >= 15 is 0 Å². The van der Waals surface area contributed by atoms with Crippen LogP contribution in [0.25, 0.3) is 23.8 Å². The van der Waals surface area contributed by atoms with Crippen molar-refractivity contribution in [3.8, 4) is 23.8 Å². The van der Waals surface area contributed by atoms with Crippen LogP contribution < -0.4 is 45.0 Å². The summed E-state index contributed by atoms with van der Waals surface area (Å²) in [5.41, 5.74) is 51.1. The molecule has 0 atom stereocenters. The zero-order chi connectivity index (χ0) is 92.0. The number of aryl methyl sites for hydroxylation is 6. The van der Waals surface area contributed by atoms with Gasteiger partial charge in [0.15, 0.2) is 46.0 Å². The van der Waals surface area contributed by atoms with Gasteiger partial charge >= 0.3 is 0 Å². The maximum Gasteiger partial charge on any atom is 0.259 e. The van der Waals surface area contributed by atoms with Crippen LogP contribution in [0.4, 0.5) is 92.0 Å². The first-order valence-electron chi connectivity index (χ1n) is 40.7. The third kappa shape index (κ3) is 21.2. The first-order chi connectivity index (χ1) is 59.1. The number of aromatic nitrogens is 14. The predicted octanol–water partition coefficient (Wildman–Crippen LogP) is 22.3. The molecule has 12 aromatic rings. The summed E-state index contributed by atoms with van der Waals surface area (Å²) in [6.45, 7) is 46.8. The fourth-order valence-corrected chi connectivity index (χ4v) is 12.1. The molecule has 652 valence electrons. The number of azo groups is 6. The molecule has 6 heterocycles. The standard InChI is InChI=1S/2C45H56N18/c2*1-25-19-13-16-22-28(25)54-57-31(34(46)43(4,5)6)37(47)50-40-51-41(62-38(48)32(35(60-62)44(7,8)9)58-55-29-23-17-14-20-26(29)2)53-42(52-40)63-39(49)33(36(61-63)45(10,11)12)59-56-30-24-18-15-21-27(30)3/h2*13-24,46H,47-49H2,1-12H3,(H,50,51,52,53)/b2*37-31+,46-34?,57-54?,58-55?,59-56?. The molecule has 6 aromatic carbocycles. The highest BCUT2D eigenvalue weighted by Crippen LogP contribution is 2.44. The Morgan fingerprint density at radius 3 is 0.659 bits per heavy atom. The van der Waals surface area contributed by atoms with Crippen molar-refractivity contribution in [2.75, 3.05) is 33.6 Å². The van der Waals surface area contributed by atoms with E-state index in [4.69, 9.17) is 95.5 Å². The van der Waals surface area contributed by atoms with Crippen LogP contribution in [-0.2, 0) is 21.7 Å². The number of nitrogens with two attached hydrogens (primary N) is 6. The van der Waals surface area contributed by atoms with Gasteiger partial charge in [-0.05, 0) is 111 Å². The van der Waals surface area contributed by atoms with E-state index in [0.717, 1.165) is 33.4 Å². The molecule has 36 nitrogen and oxygen atoms in total. The van der Waals surface area contributed by atoms with Crippen molar-refractivity contribution in [3.05, 3.63) is 225 Å². The maximum atomic E-state index is 9.14. The van der Waals surface area contributed by atoms with Crippen LogP contribution in [0.5, 0.6) is 0 Å². The van der Waals surface area contributed by atoms with Crippen LogP contribution in [0.2, 0.25) is 0 Å². The van der Waals surface area contributed by atoms with Crippen LogP contribution in [-0.4, -0.2) is 80.4 Å². The molecule has 6 aromatic heterocycles. The summed E-state index contributed by atoms with van der Waals surface area (Å²) < 4.78 is 5.45. The lowest BCUT2D eigenvalue weighted by Crippen LogP contribution is -2.26. The number of allylic oxidation sites excluding steroid dienone is 2. The molecule has 0 amide bonds. The highest BCUT2D eigenvalue weighted by Gasteiger charge is 2.35. The van der Waals surface area contributed by atoms with Gasteiger partial charge in [-0.1, -0.05) is 234 Å². The lowest BCUT2D eigenvalue weighted by atomic mass is 9.88. The van der Waals surface area contributed by atoms with Gasteiger partial charge in [0.05, 0.1) is 68.3 Å². The summed E-state index contributed by atoms with van der Waals surface area (Å²) in [4.78, 5) is 28.7. The fraction of sp³-hybridized carbons (Fsp3) is 0.333. The molecule has 0 aliphatic rings. The third-order valence-electron chi connectivity index (χ3n) is 19.6. The number of hydrogen-bond acceptors (Lipinski definition) is 32. The van der Waals surface area contributed by atoms with Gasteiger partial charge in [0.25, 0.3) is 23.8 Å². The summed E-state index contributed by atoms with van der Waals surface area (Å²) in [7, 11) is 0. The van der Waals surface area contributed by atoms with Gasteiger partial charge in [-0.15, -0.1) is 30.7 Å². The van der Waals surface area contributed by atoms with E-state index in [9.17, 15) is 0 Å². The third-order valence-corrected chi connectivity index (χ3v) is 19.6. The molecular weight excluding hydrogens is 1590 g/mol. The summed E-state index contributed by atoms with van der Waals surface area (Å²) in [6, 6.07) is 45.6. The van der Waals surface area contributed by atoms with Crippen molar-refractivity contribution in [1.29, 1.82) is 10.8 Å². The molecule has 0 bridgehead atoms. The summed E-state index contributed by atoms with van der Waals surface area (Å²) in [6.07, 6.45) is 0. The minimum atomic E-state index is -0.673. The molecule has 0 aliphatic heterocycles. The van der Waals surface area contributed by atoms with Crippen molar-refractivity contribution in [2.24, 2.45) is 83.7 Å². The van der Waals surface area contributed by atoms with Crippen molar-refractivity contribution in [1.82, 2.24) is 69.0 Å². The second-order valence-electron chi connectivity index (χ2n) is 36.4. The quantitative estimate of drug-likeness (QED) is 0.0222. The molecule has 0 aliphatic carbocycles. The van der Waals surface area contributed by atoms with E-state index in [1.165, 1.54) is 18.7 Å². The summed E-state index contributed by atoms with van der Waals surface area (Å²) in [5, 5.41) is 98.7. The number of anilines is 6. The Kier molecular flexibility index (Phi) is 26.6. The van der Waals surface area contributed by atoms with E-state index < -0.39 is 32.5 Å². The molecule has 0 unspecified atom stereocenters. The Hall–Kier alpha value is -15.0. The Bertz CT molecular complexity index is 5710. The van der Waals surface area contributed by atoms with Gasteiger partial charge in [0, 0.05) is 32.5 Å². The number of benzene rings is 6. The van der Waals surface area contributed by atoms with E-state index in [-0.39, 0.29) is 93.4 Å². The van der Waals surface area contributed by atoms with Crippen LogP contribution in [0.1, 0.15) is 181 Å². The van der Waals surface area contributed by atoms with E-state index in [1.54, 1.807) is 0 Å². The molecule has 126 heavy (non-hydrogen) atoms. The lowest BCUT2D eigenvalue weighted by molar-refractivity contribution is 0.555. The number of hydrogen-bond donors (Lipinski definition) is 10. The van der Waals surface area contributed by atoms with Crippen LogP contribution in [0.3, 0.4) is 0 Å². The lowest BCUT2D eigenvalue weighted by Gasteiger charge is -2.21. The second-order valence-corrected chi connectivity index (χ2v) is 36.4. The van der Waals surface area contributed by atoms with Gasteiger partial charge in [-0.25, -0.2) is 0 Å². The van der Waals surface area contributed by atoms with Crippen molar-refractivity contribution in [3.63, 3.8) is 0 Å². The number of nitrogen functional groups attached to an aromatic ring is 4. The number of nitrogens with one attached hydrogen (secondary N) is 4. The molecule has 12 rings (SSSR count). The summed E-state index contributed by atoms with van der Waals surface area (Å²) in [5.74, 6) is 0.105. The second kappa shape index (κ2) is 36.6. The maximum absolute atomic E-state index is 9.14. The minimum absolute atomic E-state index is 0.0279. The highest BCUT2D eigenvalue weighted by atomic mass is 15.5. The smallest absolute Gasteiger partial charge is 0.259 e. The van der Waals surface area contributed by atoms with E-state index in [1.807, 2.05) is 312 Å². The minimum Gasteiger partial charge on any atom is -0.383 e. The highest BCUT2D eigenvalue weighted by molar-refractivity contribution is 6.02. The van der Waals surface area contributed by atoms with Crippen molar-refractivity contribution in [2.45, 2.75) is 188 Å². The molecule has 0 saturated carbocycles. The van der Waals surface area contributed by atoms with Gasteiger partial charge < -0.3 is 55.9 Å². The monoisotopic (exact) mass is 1700 g/mol. The number of nitrogens with zero attached hydrogens (tertiary/aromatic N) is 26. The summed E-state index contributed by atoms with van der Waals surface area (Å²) >= 11 is 0. The molecule has 0 radical (unpaired) electrons. The van der Waals surface area contributed by atoms with E-state index in [2.05, 4.69) is 72.0 Å². The fourth-order valence-electron chi connectivity index (χ4n) is 12.1. The molecule has 0 saturated heterocycles. The topological polar surface area (TPSA) is 525 Å². The Balaban J connectivity index is 0.000000245. The average Bonchev–Trinajstić information content (AvgIpc) is 1.60.